The summed E-state index contributed by atoms with van der Waals surface area (Å²) < 4.78 is 2.11. The highest BCUT2D eigenvalue weighted by Gasteiger charge is 2.13. The molecule has 0 aliphatic heterocycles. The minimum Gasteiger partial charge on any atom is -0.346 e. The van der Waals surface area contributed by atoms with E-state index in [2.05, 4.69) is 20.4 Å². The van der Waals surface area contributed by atoms with Crippen LogP contribution in [0.4, 0.5) is 0 Å². The van der Waals surface area contributed by atoms with Crippen LogP contribution < -0.4 is 10.7 Å². The predicted molar refractivity (Wildman–Crippen MR) is 94.3 cm³/mol. The average Bonchev–Trinajstić information content (AvgIpc) is 2.81. The highest BCUT2D eigenvalue weighted by Crippen LogP contribution is 2.19. The first kappa shape index (κ1) is 17.5. The van der Waals surface area contributed by atoms with Gasteiger partial charge in [0, 0.05) is 28.7 Å². The number of nitrogens with zero attached hydrogens (tertiary/aromatic N) is 2. The Hall–Kier alpha value is -2.89. The molecule has 0 saturated heterocycles. The van der Waals surface area contributed by atoms with Crippen LogP contribution in [0.2, 0.25) is 0 Å². The second-order valence-corrected chi connectivity index (χ2v) is 5.82. The molecule has 2 aromatic rings. The summed E-state index contributed by atoms with van der Waals surface area (Å²) in [6, 6.07) is 11.9. The fourth-order valence-corrected chi connectivity index (χ4v) is 2.43. The van der Waals surface area contributed by atoms with Crippen LogP contribution in [0.3, 0.4) is 0 Å². The fourth-order valence-electron chi connectivity index (χ4n) is 2.43. The number of hydrogen-bond acceptors (Lipinski definition) is 3. The van der Waals surface area contributed by atoms with Crippen molar-refractivity contribution in [2.75, 3.05) is 0 Å². The molecular formula is C18H22N4O2. The largest absolute Gasteiger partial charge is 0.346 e. The molecule has 1 aromatic carbocycles. The van der Waals surface area contributed by atoms with Gasteiger partial charge in [-0.3, -0.25) is 9.59 Å². The predicted octanol–water partition coefficient (Wildman–Crippen LogP) is 2.07. The second-order valence-electron chi connectivity index (χ2n) is 5.82. The highest BCUT2D eigenvalue weighted by atomic mass is 16.2. The first-order chi connectivity index (χ1) is 11.4. The number of amides is 2. The van der Waals surface area contributed by atoms with Gasteiger partial charge in [0.05, 0.1) is 6.21 Å². The molecule has 6 nitrogen and oxygen atoms in total. The van der Waals surface area contributed by atoms with Gasteiger partial charge in [-0.2, -0.15) is 5.10 Å². The molecule has 0 unspecified atom stereocenters. The Morgan fingerprint density at radius 2 is 1.79 bits per heavy atom. The number of aryl methyl sites for hydroxylation is 1. The molecule has 126 valence electrons. The van der Waals surface area contributed by atoms with Gasteiger partial charge in [0.2, 0.25) is 0 Å². The fraction of sp³-hybridized carbons (Fsp3) is 0.278. The van der Waals surface area contributed by atoms with Crippen LogP contribution in [0.5, 0.6) is 0 Å². The van der Waals surface area contributed by atoms with Crippen LogP contribution in [0, 0.1) is 13.8 Å². The number of benzene rings is 1. The Morgan fingerprint density at radius 3 is 2.42 bits per heavy atom. The van der Waals surface area contributed by atoms with E-state index in [0.717, 1.165) is 22.6 Å². The summed E-state index contributed by atoms with van der Waals surface area (Å²) in [5.41, 5.74) is 6.24. The van der Waals surface area contributed by atoms with Crippen LogP contribution in [-0.2, 0) is 9.59 Å². The molecule has 0 bridgehead atoms. The summed E-state index contributed by atoms with van der Waals surface area (Å²) in [5.74, 6) is -1.48. The van der Waals surface area contributed by atoms with Gasteiger partial charge in [-0.1, -0.05) is 18.2 Å². The molecule has 0 spiro atoms. The molecular weight excluding hydrogens is 304 g/mol. The minimum absolute atomic E-state index is 0.1000. The van der Waals surface area contributed by atoms with Crippen molar-refractivity contribution in [2.24, 2.45) is 5.10 Å². The Labute approximate surface area is 141 Å². The molecule has 2 amide bonds. The van der Waals surface area contributed by atoms with Gasteiger partial charge in [0.15, 0.2) is 0 Å². The zero-order valence-corrected chi connectivity index (χ0v) is 14.3. The lowest BCUT2D eigenvalue weighted by atomic mass is 10.2. The second kappa shape index (κ2) is 7.59. The third-order valence-corrected chi connectivity index (χ3v) is 3.48. The monoisotopic (exact) mass is 326 g/mol. The molecule has 1 aromatic heterocycles. The highest BCUT2D eigenvalue weighted by molar-refractivity contribution is 6.35. The van der Waals surface area contributed by atoms with E-state index >= 15 is 0 Å². The number of para-hydroxylation sites is 1. The molecule has 2 N–H and O–H groups in total. The minimum atomic E-state index is -0.781. The summed E-state index contributed by atoms with van der Waals surface area (Å²) in [6.45, 7) is 7.56. The van der Waals surface area contributed by atoms with Crippen molar-refractivity contribution in [1.82, 2.24) is 15.3 Å². The van der Waals surface area contributed by atoms with Crippen molar-refractivity contribution in [2.45, 2.75) is 33.7 Å². The third-order valence-electron chi connectivity index (χ3n) is 3.48. The molecule has 1 heterocycles. The SMILES string of the molecule is Cc1cc(C=NNC(=O)C(=O)NC(C)C)c(C)n1-c1ccccc1. The van der Waals surface area contributed by atoms with Crippen molar-refractivity contribution >= 4 is 18.0 Å². The normalized spacial score (nSPS) is 11.0. The van der Waals surface area contributed by atoms with Gasteiger partial charge in [-0.25, -0.2) is 5.43 Å². The number of carbonyl (C=O) groups is 2. The third kappa shape index (κ3) is 4.10. The van der Waals surface area contributed by atoms with E-state index in [9.17, 15) is 9.59 Å². The molecule has 0 saturated carbocycles. The summed E-state index contributed by atoms with van der Waals surface area (Å²) in [4.78, 5) is 23.1. The van der Waals surface area contributed by atoms with Crippen molar-refractivity contribution < 1.29 is 9.59 Å². The molecule has 0 fully saturated rings. The van der Waals surface area contributed by atoms with Gasteiger partial charge in [-0.15, -0.1) is 0 Å². The molecule has 0 aliphatic carbocycles. The smallest absolute Gasteiger partial charge is 0.329 e. The van der Waals surface area contributed by atoms with E-state index in [0.29, 0.717) is 0 Å². The van der Waals surface area contributed by atoms with Crippen LogP contribution in [0.15, 0.2) is 41.5 Å². The van der Waals surface area contributed by atoms with Gasteiger partial charge >= 0.3 is 11.8 Å². The summed E-state index contributed by atoms with van der Waals surface area (Å²) in [5, 5.41) is 6.39. The zero-order valence-electron chi connectivity index (χ0n) is 14.3. The van der Waals surface area contributed by atoms with E-state index in [1.807, 2.05) is 50.2 Å². The maximum Gasteiger partial charge on any atom is 0.329 e. The molecule has 2 rings (SSSR count). The van der Waals surface area contributed by atoms with E-state index in [-0.39, 0.29) is 6.04 Å². The topological polar surface area (TPSA) is 75.5 Å². The number of rotatable bonds is 4. The Balaban J connectivity index is 2.11. The average molecular weight is 326 g/mol. The summed E-state index contributed by atoms with van der Waals surface area (Å²) in [7, 11) is 0. The van der Waals surface area contributed by atoms with E-state index in [1.165, 1.54) is 0 Å². The van der Waals surface area contributed by atoms with Crippen molar-refractivity contribution in [1.29, 1.82) is 0 Å². The van der Waals surface area contributed by atoms with Crippen LogP contribution >= 0.6 is 0 Å². The van der Waals surface area contributed by atoms with Gasteiger partial charge in [0.1, 0.15) is 0 Å². The van der Waals surface area contributed by atoms with E-state index < -0.39 is 11.8 Å². The van der Waals surface area contributed by atoms with Crippen molar-refractivity contribution in [3.8, 4) is 5.69 Å². The molecule has 0 atom stereocenters. The standard InChI is InChI=1S/C18H22N4O2/c1-12(2)20-17(23)18(24)21-19-11-15-10-13(3)22(14(15)4)16-8-6-5-7-9-16/h5-12H,1-4H3,(H,20,23)(H,21,24). The van der Waals surface area contributed by atoms with Gasteiger partial charge in [-0.05, 0) is 45.9 Å². The number of hydrazone groups is 1. The lowest BCUT2D eigenvalue weighted by Gasteiger charge is -2.09. The Morgan fingerprint density at radius 1 is 1.12 bits per heavy atom. The Kier molecular flexibility index (Phi) is 5.52. The number of hydrogen-bond donors (Lipinski definition) is 2. The van der Waals surface area contributed by atoms with Crippen LogP contribution in [0.1, 0.15) is 30.8 Å². The quantitative estimate of drug-likeness (QED) is 0.513. The van der Waals surface area contributed by atoms with Gasteiger partial charge in [0.25, 0.3) is 0 Å². The van der Waals surface area contributed by atoms with Crippen LogP contribution in [0.25, 0.3) is 5.69 Å². The lowest BCUT2D eigenvalue weighted by Crippen LogP contribution is -2.41. The van der Waals surface area contributed by atoms with Crippen molar-refractivity contribution in [3.63, 3.8) is 0 Å². The zero-order chi connectivity index (χ0) is 17.7. The maximum atomic E-state index is 11.6. The maximum absolute atomic E-state index is 11.6. The van der Waals surface area contributed by atoms with Crippen molar-refractivity contribution in [3.05, 3.63) is 53.3 Å². The molecule has 0 aliphatic rings. The van der Waals surface area contributed by atoms with Gasteiger partial charge < -0.3 is 9.88 Å². The number of nitrogens with one attached hydrogen (secondary N) is 2. The van der Waals surface area contributed by atoms with E-state index in [1.54, 1.807) is 20.1 Å². The van der Waals surface area contributed by atoms with Crippen LogP contribution in [-0.4, -0.2) is 28.6 Å². The summed E-state index contributed by atoms with van der Waals surface area (Å²) >= 11 is 0. The molecule has 6 heteroatoms. The number of aromatic nitrogens is 1. The Bertz CT molecular complexity index is 761. The molecule has 24 heavy (non-hydrogen) atoms. The summed E-state index contributed by atoms with van der Waals surface area (Å²) in [6.07, 6.45) is 1.54. The lowest BCUT2D eigenvalue weighted by molar-refractivity contribution is -0.139. The first-order valence-electron chi connectivity index (χ1n) is 7.78. The molecule has 0 radical (unpaired) electrons. The first-order valence-corrected chi connectivity index (χ1v) is 7.78. The van der Waals surface area contributed by atoms with E-state index in [4.69, 9.17) is 0 Å². The number of carbonyl (C=O) groups excluding carboxylic acids is 2.